The number of benzene rings is 1. The fourth-order valence-corrected chi connectivity index (χ4v) is 3.50. The average molecular weight is 381 g/mol. The van der Waals surface area contributed by atoms with E-state index in [0.29, 0.717) is 0 Å². The van der Waals surface area contributed by atoms with Gasteiger partial charge in [-0.2, -0.15) is 0 Å². The second-order valence-corrected chi connectivity index (χ2v) is 6.82. The molecule has 0 spiro atoms. The van der Waals surface area contributed by atoms with Crippen LogP contribution in [-0.2, 0) is 0 Å². The Labute approximate surface area is 140 Å². The summed E-state index contributed by atoms with van der Waals surface area (Å²) in [4.78, 5) is 9.68. The van der Waals surface area contributed by atoms with E-state index >= 15 is 0 Å². The number of aromatic nitrogens is 2. The van der Waals surface area contributed by atoms with Crippen LogP contribution in [0.4, 0.5) is 5.95 Å². The fraction of sp³-hybridized carbons (Fsp3) is 0.0667. The SMILES string of the molecule is Cc1cc(-c2cc(-c3cc(Br)cs3)nc(N)n2)ccc1Cl. The number of anilines is 1. The van der Waals surface area contributed by atoms with Gasteiger partial charge in [0.25, 0.3) is 0 Å². The number of hydrogen-bond donors (Lipinski definition) is 1. The van der Waals surface area contributed by atoms with Crippen LogP contribution in [0.2, 0.25) is 5.02 Å². The molecule has 0 fully saturated rings. The molecule has 3 nitrogen and oxygen atoms in total. The third-order valence-corrected chi connectivity index (χ3v) is 5.15. The van der Waals surface area contributed by atoms with Crippen molar-refractivity contribution in [3.8, 4) is 21.8 Å². The smallest absolute Gasteiger partial charge is 0.221 e. The van der Waals surface area contributed by atoms with Gasteiger partial charge >= 0.3 is 0 Å². The van der Waals surface area contributed by atoms with Crippen LogP contribution in [0.5, 0.6) is 0 Å². The molecule has 2 N–H and O–H groups in total. The summed E-state index contributed by atoms with van der Waals surface area (Å²) in [6.45, 7) is 1.97. The Morgan fingerprint density at radius 1 is 1.14 bits per heavy atom. The molecule has 0 aliphatic rings. The highest BCUT2D eigenvalue weighted by molar-refractivity contribution is 9.10. The molecule has 0 saturated carbocycles. The van der Waals surface area contributed by atoms with Crippen molar-refractivity contribution < 1.29 is 0 Å². The number of hydrogen-bond acceptors (Lipinski definition) is 4. The van der Waals surface area contributed by atoms with E-state index in [0.717, 1.165) is 36.9 Å². The van der Waals surface area contributed by atoms with Crippen LogP contribution in [0.15, 0.2) is 40.2 Å². The van der Waals surface area contributed by atoms with Crippen molar-refractivity contribution in [3.05, 3.63) is 50.8 Å². The predicted octanol–water partition coefficient (Wildman–Crippen LogP) is 5.18. The topological polar surface area (TPSA) is 51.8 Å². The zero-order chi connectivity index (χ0) is 15.0. The van der Waals surface area contributed by atoms with Gasteiger partial charge in [-0.05, 0) is 52.7 Å². The first-order chi connectivity index (χ1) is 10.0. The molecule has 3 aromatic rings. The van der Waals surface area contributed by atoms with Gasteiger partial charge in [-0.15, -0.1) is 11.3 Å². The molecule has 6 heteroatoms. The Kier molecular flexibility index (Phi) is 3.97. The van der Waals surface area contributed by atoms with Crippen molar-refractivity contribution in [1.82, 2.24) is 9.97 Å². The highest BCUT2D eigenvalue weighted by Crippen LogP contribution is 2.31. The largest absolute Gasteiger partial charge is 0.368 e. The molecule has 21 heavy (non-hydrogen) atoms. The first kappa shape index (κ1) is 14.5. The molecular formula is C15H11BrClN3S. The molecular weight excluding hydrogens is 370 g/mol. The first-order valence-corrected chi connectivity index (χ1v) is 8.23. The molecule has 1 aromatic carbocycles. The zero-order valence-corrected chi connectivity index (χ0v) is 14.3. The minimum atomic E-state index is 0.264. The number of aryl methyl sites for hydroxylation is 1. The van der Waals surface area contributed by atoms with Crippen molar-refractivity contribution in [2.75, 3.05) is 5.73 Å². The maximum atomic E-state index is 6.07. The third kappa shape index (κ3) is 3.10. The number of nitrogens with zero attached hydrogens (tertiary/aromatic N) is 2. The van der Waals surface area contributed by atoms with Crippen molar-refractivity contribution in [2.24, 2.45) is 0 Å². The quantitative estimate of drug-likeness (QED) is 0.666. The van der Waals surface area contributed by atoms with Crippen LogP contribution in [0, 0.1) is 6.92 Å². The highest BCUT2D eigenvalue weighted by Gasteiger charge is 2.09. The molecule has 0 aliphatic carbocycles. The maximum absolute atomic E-state index is 6.07. The standard InChI is InChI=1S/C15H11BrClN3S/c1-8-4-9(2-3-11(8)17)12-6-13(20-15(18)19-12)14-5-10(16)7-21-14/h2-7H,1H3,(H2,18,19,20). The summed E-state index contributed by atoms with van der Waals surface area (Å²) in [5.41, 5.74) is 9.45. The van der Waals surface area contributed by atoms with Crippen LogP contribution in [0.3, 0.4) is 0 Å². The maximum Gasteiger partial charge on any atom is 0.221 e. The first-order valence-electron chi connectivity index (χ1n) is 6.18. The third-order valence-electron chi connectivity index (χ3n) is 3.02. The summed E-state index contributed by atoms with van der Waals surface area (Å²) >= 11 is 11.1. The molecule has 2 aromatic heterocycles. The summed E-state index contributed by atoms with van der Waals surface area (Å²) in [5, 5.41) is 2.75. The van der Waals surface area contributed by atoms with Gasteiger partial charge in [0.2, 0.25) is 5.95 Å². The Balaban J connectivity index is 2.11. The summed E-state index contributed by atoms with van der Waals surface area (Å²) in [6, 6.07) is 9.76. The Bertz CT molecular complexity index is 816. The Hall–Kier alpha value is -1.43. The second kappa shape index (κ2) is 5.75. The summed E-state index contributed by atoms with van der Waals surface area (Å²) < 4.78 is 1.03. The number of halogens is 2. The van der Waals surface area contributed by atoms with Gasteiger partial charge in [0.15, 0.2) is 0 Å². The Morgan fingerprint density at radius 2 is 1.90 bits per heavy atom. The van der Waals surface area contributed by atoms with E-state index in [-0.39, 0.29) is 5.95 Å². The van der Waals surface area contributed by atoms with E-state index in [2.05, 4.69) is 25.9 Å². The molecule has 0 bridgehead atoms. The van der Waals surface area contributed by atoms with E-state index < -0.39 is 0 Å². The molecule has 0 atom stereocenters. The van der Waals surface area contributed by atoms with E-state index in [1.807, 2.05) is 42.6 Å². The fourth-order valence-electron chi connectivity index (χ4n) is 1.99. The van der Waals surface area contributed by atoms with E-state index in [9.17, 15) is 0 Å². The van der Waals surface area contributed by atoms with Gasteiger partial charge < -0.3 is 5.73 Å². The van der Waals surface area contributed by atoms with E-state index in [4.69, 9.17) is 17.3 Å². The van der Waals surface area contributed by atoms with Crippen molar-refractivity contribution >= 4 is 44.8 Å². The van der Waals surface area contributed by atoms with Gasteiger partial charge in [-0.1, -0.05) is 17.7 Å². The second-order valence-electron chi connectivity index (χ2n) is 4.59. The molecule has 0 unspecified atom stereocenters. The molecule has 3 rings (SSSR count). The van der Waals surface area contributed by atoms with Crippen LogP contribution in [0.25, 0.3) is 21.8 Å². The van der Waals surface area contributed by atoms with Crippen molar-refractivity contribution in [3.63, 3.8) is 0 Å². The van der Waals surface area contributed by atoms with Crippen LogP contribution >= 0.6 is 38.9 Å². The molecule has 106 valence electrons. The van der Waals surface area contributed by atoms with Crippen molar-refractivity contribution in [2.45, 2.75) is 6.92 Å². The highest BCUT2D eigenvalue weighted by atomic mass is 79.9. The lowest BCUT2D eigenvalue weighted by Crippen LogP contribution is -1.98. The predicted molar refractivity (Wildman–Crippen MR) is 92.6 cm³/mol. The lowest BCUT2D eigenvalue weighted by Gasteiger charge is -2.06. The normalized spacial score (nSPS) is 10.8. The van der Waals surface area contributed by atoms with E-state index in [1.54, 1.807) is 11.3 Å². The lowest BCUT2D eigenvalue weighted by atomic mass is 10.1. The van der Waals surface area contributed by atoms with Gasteiger partial charge in [-0.3, -0.25) is 0 Å². The summed E-state index contributed by atoms with van der Waals surface area (Å²) in [5.74, 6) is 0.264. The van der Waals surface area contributed by atoms with Crippen molar-refractivity contribution in [1.29, 1.82) is 0 Å². The minimum absolute atomic E-state index is 0.264. The van der Waals surface area contributed by atoms with Gasteiger partial charge in [0.05, 0.1) is 16.3 Å². The van der Waals surface area contributed by atoms with Crippen LogP contribution in [0.1, 0.15) is 5.56 Å². The number of thiophene rings is 1. The number of rotatable bonds is 2. The van der Waals surface area contributed by atoms with Gasteiger partial charge in [0.1, 0.15) is 0 Å². The molecule has 0 saturated heterocycles. The molecule has 0 aliphatic heterocycles. The van der Waals surface area contributed by atoms with E-state index in [1.165, 1.54) is 0 Å². The van der Waals surface area contributed by atoms with Crippen LogP contribution < -0.4 is 5.73 Å². The average Bonchev–Trinajstić information content (AvgIpc) is 2.88. The summed E-state index contributed by atoms with van der Waals surface area (Å²) in [6.07, 6.45) is 0. The minimum Gasteiger partial charge on any atom is -0.368 e. The number of nitrogens with two attached hydrogens (primary N) is 1. The Morgan fingerprint density at radius 3 is 2.57 bits per heavy atom. The number of nitrogen functional groups attached to an aromatic ring is 1. The van der Waals surface area contributed by atoms with Crippen LogP contribution in [-0.4, -0.2) is 9.97 Å². The molecule has 2 heterocycles. The molecule has 0 amide bonds. The van der Waals surface area contributed by atoms with Gasteiger partial charge in [0, 0.05) is 20.4 Å². The van der Waals surface area contributed by atoms with Gasteiger partial charge in [-0.25, -0.2) is 9.97 Å². The summed E-state index contributed by atoms with van der Waals surface area (Å²) in [7, 11) is 0. The monoisotopic (exact) mass is 379 g/mol. The molecule has 0 radical (unpaired) electrons. The zero-order valence-electron chi connectivity index (χ0n) is 11.1. The lowest BCUT2D eigenvalue weighted by molar-refractivity contribution is 1.20.